The summed E-state index contributed by atoms with van der Waals surface area (Å²) < 4.78 is 29.3. The van der Waals surface area contributed by atoms with Crippen LogP contribution in [0.15, 0.2) is 47.4 Å². The maximum Gasteiger partial charge on any atom is 0.241 e. The van der Waals surface area contributed by atoms with Crippen molar-refractivity contribution >= 4 is 15.9 Å². The Hall–Kier alpha value is -2.18. The van der Waals surface area contributed by atoms with Crippen molar-refractivity contribution in [3.8, 4) is 0 Å². The van der Waals surface area contributed by atoms with Gasteiger partial charge in [0.2, 0.25) is 15.9 Å². The van der Waals surface area contributed by atoms with Crippen LogP contribution in [0.1, 0.15) is 41.5 Å². The van der Waals surface area contributed by atoms with E-state index in [0.29, 0.717) is 30.6 Å². The van der Waals surface area contributed by atoms with Gasteiger partial charge in [-0.1, -0.05) is 48.0 Å². The minimum absolute atomic E-state index is 0.139. The van der Waals surface area contributed by atoms with Crippen LogP contribution in [-0.2, 0) is 21.2 Å². The van der Waals surface area contributed by atoms with Crippen molar-refractivity contribution < 1.29 is 13.2 Å². The summed E-state index contributed by atoms with van der Waals surface area (Å²) in [5.41, 5.74) is 3.34. The molecule has 5 nitrogen and oxygen atoms in total. The van der Waals surface area contributed by atoms with Crippen LogP contribution < -0.4 is 4.72 Å². The first-order valence-corrected chi connectivity index (χ1v) is 11.7. The molecular weight excluding hydrogens is 384 g/mol. The third-order valence-corrected chi connectivity index (χ3v) is 7.20. The van der Waals surface area contributed by atoms with Crippen molar-refractivity contribution in [3.63, 3.8) is 0 Å². The van der Waals surface area contributed by atoms with E-state index in [1.165, 1.54) is 0 Å². The Labute approximate surface area is 174 Å². The third kappa shape index (κ3) is 5.25. The highest BCUT2D eigenvalue weighted by molar-refractivity contribution is 7.89. The molecule has 1 heterocycles. The predicted octanol–water partition coefficient (Wildman–Crippen LogP) is 3.51. The Balaban J connectivity index is 1.92. The highest BCUT2D eigenvalue weighted by Gasteiger charge is 2.31. The zero-order chi connectivity index (χ0) is 21.0. The van der Waals surface area contributed by atoms with Crippen LogP contribution in [-0.4, -0.2) is 38.4 Å². The molecule has 1 fully saturated rings. The maximum atomic E-state index is 13.3. The number of likely N-dealkylation sites (tertiary alicyclic amines) is 1. The molecular formula is C23H30N2O3S. The van der Waals surface area contributed by atoms with Gasteiger partial charge < -0.3 is 4.90 Å². The van der Waals surface area contributed by atoms with Gasteiger partial charge in [-0.3, -0.25) is 4.79 Å². The number of nitrogens with zero attached hydrogens (tertiary/aromatic N) is 1. The fourth-order valence-corrected chi connectivity index (χ4v) is 5.84. The highest BCUT2D eigenvalue weighted by atomic mass is 32.2. The normalized spacial score (nSPS) is 15.9. The molecule has 6 heteroatoms. The maximum absolute atomic E-state index is 13.3. The molecule has 1 aliphatic rings. The SMILES string of the molecule is Cc1cc(C)c(S(=O)(=O)N[C@H](Cc2ccccc2)C(=O)N2CCCCC2)c(C)c1. The number of carbonyl (C=O) groups is 1. The van der Waals surface area contributed by atoms with Gasteiger partial charge in [-0.05, 0) is 63.1 Å². The molecule has 0 saturated carbocycles. The van der Waals surface area contributed by atoms with Crippen LogP contribution in [0.5, 0.6) is 0 Å². The van der Waals surface area contributed by atoms with Gasteiger partial charge in [0.1, 0.15) is 6.04 Å². The molecule has 0 aliphatic carbocycles. The van der Waals surface area contributed by atoms with E-state index in [-0.39, 0.29) is 10.8 Å². The van der Waals surface area contributed by atoms with Crippen LogP contribution in [0, 0.1) is 20.8 Å². The van der Waals surface area contributed by atoms with Crippen molar-refractivity contribution in [3.05, 3.63) is 64.7 Å². The smallest absolute Gasteiger partial charge is 0.241 e. The van der Waals surface area contributed by atoms with Crippen molar-refractivity contribution in [1.29, 1.82) is 0 Å². The summed E-state index contributed by atoms with van der Waals surface area (Å²) in [5, 5.41) is 0. The highest BCUT2D eigenvalue weighted by Crippen LogP contribution is 2.23. The number of carbonyl (C=O) groups excluding carboxylic acids is 1. The van der Waals surface area contributed by atoms with Crippen LogP contribution in [0.2, 0.25) is 0 Å². The summed E-state index contributed by atoms with van der Waals surface area (Å²) in [6, 6.07) is 12.5. The molecule has 1 N–H and O–H groups in total. The summed E-state index contributed by atoms with van der Waals surface area (Å²) in [6.45, 7) is 6.92. The minimum atomic E-state index is -3.84. The molecule has 2 aromatic carbocycles. The lowest BCUT2D eigenvalue weighted by Gasteiger charge is -2.31. The summed E-state index contributed by atoms with van der Waals surface area (Å²) >= 11 is 0. The van der Waals surface area contributed by atoms with Crippen LogP contribution >= 0.6 is 0 Å². The Morgan fingerprint density at radius 2 is 1.59 bits per heavy atom. The molecule has 0 aromatic heterocycles. The van der Waals surface area contributed by atoms with E-state index < -0.39 is 16.1 Å². The Morgan fingerprint density at radius 1 is 1.00 bits per heavy atom. The van der Waals surface area contributed by atoms with Gasteiger partial charge in [-0.2, -0.15) is 4.72 Å². The zero-order valence-electron chi connectivity index (χ0n) is 17.4. The van der Waals surface area contributed by atoms with E-state index in [4.69, 9.17) is 0 Å². The average molecular weight is 415 g/mol. The molecule has 3 rings (SSSR count). The fourth-order valence-electron chi connectivity index (χ4n) is 4.20. The average Bonchev–Trinajstić information content (AvgIpc) is 2.67. The van der Waals surface area contributed by atoms with Crippen molar-refractivity contribution in [2.24, 2.45) is 0 Å². The van der Waals surface area contributed by atoms with E-state index >= 15 is 0 Å². The van der Waals surface area contributed by atoms with Crippen molar-refractivity contribution in [1.82, 2.24) is 9.62 Å². The van der Waals surface area contributed by atoms with E-state index in [0.717, 1.165) is 30.4 Å². The number of hydrogen-bond acceptors (Lipinski definition) is 3. The van der Waals surface area contributed by atoms with Gasteiger partial charge in [-0.15, -0.1) is 0 Å². The second-order valence-corrected chi connectivity index (χ2v) is 9.63. The third-order valence-electron chi connectivity index (χ3n) is 5.42. The number of amides is 1. The second-order valence-electron chi connectivity index (χ2n) is 7.98. The van der Waals surface area contributed by atoms with Gasteiger partial charge in [0.25, 0.3) is 0 Å². The molecule has 1 amide bonds. The van der Waals surface area contributed by atoms with Gasteiger partial charge >= 0.3 is 0 Å². The number of aryl methyl sites for hydroxylation is 3. The Kier molecular flexibility index (Phi) is 6.75. The van der Waals surface area contributed by atoms with Gasteiger partial charge in [0.15, 0.2) is 0 Å². The number of benzene rings is 2. The molecule has 2 aromatic rings. The number of sulfonamides is 1. The lowest BCUT2D eigenvalue weighted by molar-refractivity contribution is -0.133. The summed E-state index contributed by atoms with van der Waals surface area (Å²) in [7, 11) is -3.84. The molecule has 156 valence electrons. The first-order chi connectivity index (χ1) is 13.8. The van der Waals surface area contributed by atoms with Crippen LogP contribution in [0.25, 0.3) is 0 Å². The zero-order valence-corrected chi connectivity index (χ0v) is 18.3. The Bertz CT molecular complexity index is 942. The number of hydrogen-bond donors (Lipinski definition) is 1. The number of rotatable bonds is 6. The molecule has 0 radical (unpaired) electrons. The minimum Gasteiger partial charge on any atom is -0.341 e. The first kappa shape index (κ1) is 21.5. The molecule has 1 atom stereocenters. The first-order valence-electron chi connectivity index (χ1n) is 10.2. The number of nitrogens with one attached hydrogen (secondary N) is 1. The largest absolute Gasteiger partial charge is 0.341 e. The standard InChI is InChI=1S/C23H30N2O3S/c1-17-14-18(2)22(19(3)15-17)29(27,28)24-21(16-20-10-6-4-7-11-20)23(26)25-12-8-5-9-13-25/h4,6-7,10-11,14-15,21,24H,5,8-9,12-13,16H2,1-3H3/t21-/m1/s1. The second kappa shape index (κ2) is 9.09. The lowest BCUT2D eigenvalue weighted by atomic mass is 10.0. The van der Waals surface area contributed by atoms with Gasteiger partial charge in [-0.25, -0.2) is 8.42 Å². The summed E-state index contributed by atoms with van der Waals surface area (Å²) in [4.78, 5) is 15.3. The van der Waals surface area contributed by atoms with E-state index in [1.54, 1.807) is 18.7 Å². The molecule has 29 heavy (non-hydrogen) atoms. The molecule has 0 spiro atoms. The van der Waals surface area contributed by atoms with Gasteiger partial charge in [0.05, 0.1) is 4.90 Å². The summed E-state index contributed by atoms with van der Waals surface area (Å²) in [6.07, 6.45) is 3.37. The Morgan fingerprint density at radius 3 is 2.17 bits per heavy atom. The lowest BCUT2D eigenvalue weighted by Crippen LogP contribution is -2.51. The monoisotopic (exact) mass is 414 g/mol. The molecule has 1 aliphatic heterocycles. The van der Waals surface area contributed by atoms with E-state index in [2.05, 4.69) is 4.72 Å². The fraction of sp³-hybridized carbons (Fsp3) is 0.435. The van der Waals surface area contributed by atoms with E-state index in [1.807, 2.05) is 49.4 Å². The van der Waals surface area contributed by atoms with Crippen LogP contribution in [0.4, 0.5) is 0 Å². The summed E-state index contributed by atoms with van der Waals surface area (Å²) in [5.74, 6) is -0.139. The van der Waals surface area contributed by atoms with Crippen molar-refractivity contribution in [2.45, 2.75) is 57.4 Å². The number of piperidine rings is 1. The molecule has 1 saturated heterocycles. The van der Waals surface area contributed by atoms with Crippen LogP contribution in [0.3, 0.4) is 0 Å². The molecule has 0 unspecified atom stereocenters. The molecule has 0 bridgehead atoms. The predicted molar refractivity (Wildman–Crippen MR) is 115 cm³/mol. The van der Waals surface area contributed by atoms with E-state index in [9.17, 15) is 13.2 Å². The quantitative estimate of drug-likeness (QED) is 0.787. The topological polar surface area (TPSA) is 66.5 Å². The van der Waals surface area contributed by atoms with Crippen molar-refractivity contribution in [2.75, 3.05) is 13.1 Å². The van der Waals surface area contributed by atoms with Gasteiger partial charge in [0, 0.05) is 13.1 Å².